The predicted octanol–water partition coefficient (Wildman–Crippen LogP) is 1.72. The van der Waals surface area contributed by atoms with E-state index in [0.29, 0.717) is 11.1 Å². The number of halogens is 1. The van der Waals surface area contributed by atoms with Crippen molar-refractivity contribution in [1.82, 2.24) is 15.2 Å². The summed E-state index contributed by atoms with van der Waals surface area (Å²) in [4.78, 5) is 3.82. The molecule has 60 valence electrons. The second kappa shape index (κ2) is 3.62. The lowest BCUT2D eigenvalue weighted by atomic mass is 10.1. The van der Waals surface area contributed by atoms with Gasteiger partial charge in [0.2, 0.25) is 0 Å². The van der Waals surface area contributed by atoms with E-state index >= 15 is 0 Å². The van der Waals surface area contributed by atoms with Crippen molar-refractivity contribution in [1.29, 1.82) is 0 Å². The van der Waals surface area contributed by atoms with Crippen LogP contribution >= 0.6 is 11.6 Å². The molecule has 0 aliphatic rings. The number of nitrogens with zero attached hydrogens (tertiary/aromatic N) is 3. The highest BCUT2D eigenvalue weighted by molar-refractivity contribution is 6.29. The zero-order valence-electron chi connectivity index (χ0n) is 6.58. The minimum absolute atomic E-state index is 0.466. The first-order chi connectivity index (χ1) is 5.20. The van der Waals surface area contributed by atoms with Crippen molar-refractivity contribution in [2.45, 2.75) is 20.3 Å². The lowest BCUT2D eigenvalue weighted by Crippen LogP contribution is -2.00. The van der Waals surface area contributed by atoms with Gasteiger partial charge in [-0.15, -0.1) is 5.10 Å². The molecule has 4 heteroatoms. The lowest BCUT2D eigenvalue weighted by molar-refractivity contribution is 0.624. The first kappa shape index (κ1) is 8.40. The van der Waals surface area contributed by atoms with Crippen molar-refractivity contribution >= 4 is 11.6 Å². The maximum absolute atomic E-state index is 5.75. The molecule has 0 atom stereocenters. The Morgan fingerprint density at radius 2 is 2.27 bits per heavy atom. The van der Waals surface area contributed by atoms with Crippen molar-refractivity contribution in [2.24, 2.45) is 5.92 Å². The normalized spacial score (nSPS) is 10.5. The number of hydrogen-bond acceptors (Lipinski definition) is 3. The molecule has 0 bridgehead atoms. The SMILES string of the molecule is CC(C)Cc1nncnc1Cl. The van der Waals surface area contributed by atoms with Gasteiger partial charge in [0.25, 0.3) is 0 Å². The molecule has 0 amide bonds. The average Bonchev–Trinajstić information content (AvgIpc) is 1.93. The molecule has 1 rings (SSSR count). The van der Waals surface area contributed by atoms with Crippen LogP contribution in [0, 0.1) is 5.92 Å². The summed E-state index contributed by atoms with van der Waals surface area (Å²) in [7, 11) is 0. The topological polar surface area (TPSA) is 38.7 Å². The summed E-state index contributed by atoms with van der Waals surface area (Å²) in [6, 6.07) is 0. The molecule has 0 radical (unpaired) electrons. The van der Waals surface area contributed by atoms with Crippen molar-refractivity contribution in [3.8, 4) is 0 Å². The summed E-state index contributed by atoms with van der Waals surface area (Å²) < 4.78 is 0. The van der Waals surface area contributed by atoms with Crippen LogP contribution in [0.5, 0.6) is 0 Å². The maximum atomic E-state index is 5.75. The molecule has 0 N–H and O–H groups in total. The molecule has 0 spiro atoms. The average molecular weight is 172 g/mol. The molecule has 3 nitrogen and oxygen atoms in total. The molecule has 1 aromatic heterocycles. The van der Waals surface area contributed by atoms with Gasteiger partial charge in [0, 0.05) is 0 Å². The Hall–Kier alpha value is -0.700. The van der Waals surface area contributed by atoms with E-state index in [2.05, 4.69) is 29.0 Å². The molecule has 0 saturated heterocycles. The van der Waals surface area contributed by atoms with Gasteiger partial charge in [-0.1, -0.05) is 25.4 Å². The monoisotopic (exact) mass is 171 g/mol. The van der Waals surface area contributed by atoms with Crippen LogP contribution in [0.1, 0.15) is 19.5 Å². The van der Waals surface area contributed by atoms with Gasteiger partial charge >= 0.3 is 0 Å². The molecule has 0 aromatic carbocycles. The van der Waals surface area contributed by atoms with Gasteiger partial charge in [-0.2, -0.15) is 5.10 Å². The molecule has 0 fully saturated rings. The summed E-state index contributed by atoms with van der Waals surface area (Å²) in [5.74, 6) is 0.533. The third kappa shape index (κ3) is 2.42. The number of aromatic nitrogens is 3. The van der Waals surface area contributed by atoms with Gasteiger partial charge < -0.3 is 0 Å². The van der Waals surface area contributed by atoms with Gasteiger partial charge in [-0.25, -0.2) is 4.98 Å². The van der Waals surface area contributed by atoms with Gasteiger partial charge in [0.15, 0.2) is 5.15 Å². The highest BCUT2D eigenvalue weighted by Crippen LogP contribution is 2.11. The summed E-state index contributed by atoms with van der Waals surface area (Å²) in [5.41, 5.74) is 0.782. The molecule has 0 aliphatic heterocycles. The van der Waals surface area contributed by atoms with Crippen molar-refractivity contribution in [3.63, 3.8) is 0 Å². The maximum Gasteiger partial charge on any atom is 0.154 e. The van der Waals surface area contributed by atoms with Crippen molar-refractivity contribution in [3.05, 3.63) is 17.2 Å². The minimum Gasteiger partial charge on any atom is -0.221 e. The Bertz CT molecular complexity index is 237. The number of hydrogen-bond donors (Lipinski definition) is 0. The first-order valence-corrected chi connectivity index (χ1v) is 3.90. The van der Waals surface area contributed by atoms with Crippen LogP contribution in [0.15, 0.2) is 6.33 Å². The second-order valence-corrected chi connectivity index (χ2v) is 3.15. The molecule has 0 saturated carbocycles. The molecule has 11 heavy (non-hydrogen) atoms. The van der Waals surface area contributed by atoms with E-state index < -0.39 is 0 Å². The van der Waals surface area contributed by atoms with Crippen LogP contribution in [0.4, 0.5) is 0 Å². The molecule has 0 unspecified atom stereocenters. The number of rotatable bonds is 2. The highest BCUT2D eigenvalue weighted by Gasteiger charge is 2.04. The quantitative estimate of drug-likeness (QED) is 0.680. The summed E-state index contributed by atoms with van der Waals surface area (Å²) in [6.07, 6.45) is 2.19. The standard InChI is InChI=1S/C7H10ClN3/c1-5(2)3-6-7(8)9-4-10-11-6/h4-5H,3H2,1-2H3. The minimum atomic E-state index is 0.466. The van der Waals surface area contributed by atoms with Gasteiger partial charge in [-0.05, 0) is 12.3 Å². The van der Waals surface area contributed by atoms with E-state index in [9.17, 15) is 0 Å². The van der Waals surface area contributed by atoms with E-state index in [1.54, 1.807) is 0 Å². The lowest BCUT2D eigenvalue weighted by Gasteiger charge is -2.02. The Morgan fingerprint density at radius 1 is 1.55 bits per heavy atom. The Labute approximate surface area is 70.8 Å². The smallest absolute Gasteiger partial charge is 0.154 e. The third-order valence-electron chi connectivity index (χ3n) is 1.24. The predicted molar refractivity (Wildman–Crippen MR) is 43.4 cm³/mol. The van der Waals surface area contributed by atoms with Gasteiger partial charge in [-0.3, -0.25) is 0 Å². The fourth-order valence-corrected chi connectivity index (χ4v) is 0.958. The van der Waals surface area contributed by atoms with Crippen LogP contribution in [-0.2, 0) is 6.42 Å². The largest absolute Gasteiger partial charge is 0.221 e. The highest BCUT2D eigenvalue weighted by atomic mass is 35.5. The molecule has 1 aromatic rings. The molecular weight excluding hydrogens is 162 g/mol. The van der Waals surface area contributed by atoms with E-state index in [0.717, 1.165) is 12.1 Å². The summed E-state index contributed by atoms with van der Waals surface area (Å²) in [6.45, 7) is 4.20. The van der Waals surface area contributed by atoms with E-state index in [1.807, 2.05) is 0 Å². The van der Waals surface area contributed by atoms with Crippen molar-refractivity contribution in [2.75, 3.05) is 0 Å². The van der Waals surface area contributed by atoms with E-state index in [4.69, 9.17) is 11.6 Å². The van der Waals surface area contributed by atoms with Crippen LogP contribution in [0.2, 0.25) is 5.15 Å². The van der Waals surface area contributed by atoms with Crippen LogP contribution in [0.25, 0.3) is 0 Å². The fraction of sp³-hybridized carbons (Fsp3) is 0.571. The Kier molecular flexibility index (Phi) is 2.76. The van der Waals surface area contributed by atoms with E-state index in [-0.39, 0.29) is 0 Å². The second-order valence-electron chi connectivity index (χ2n) is 2.80. The zero-order valence-corrected chi connectivity index (χ0v) is 7.34. The van der Waals surface area contributed by atoms with Crippen LogP contribution in [0.3, 0.4) is 0 Å². The van der Waals surface area contributed by atoms with E-state index in [1.165, 1.54) is 6.33 Å². The zero-order chi connectivity index (χ0) is 8.27. The third-order valence-corrected chi connectivity index (χ3v) is 1.56. The molecule has 0 aliphatic carbocycles. The molecular formula is C7H10ClN3. The fourth-order valence-electron chi connectivity index (χ4n) is 0.800. The van der Waals surface area contributed by atoms with Crippen molar-refractivity contribution < 1.29 is 0 Å². The van der Waals surface area contributed by atoms with Gasteiger partial charge in [0.1, 0.15) is 12.0 Å². The van der Waals surface area contributed by atoms with Crippen LogP contribution in [-0.4, -0.2) is 15.2 Å². The summed E-state index contributed by atoms with van der Waals surface area (Å²) >= 11 is 5.75. The Balaban J connectivity index is 2.78. The first-order valence-electron chi connectivity index (χ1n) is 3.52. The molecule has 1 heterocycles. The summed E-state index contributed by atoms with van der Waals surface area (Å²) in [5, 5.41) is 7.99. The van der Waals surface area contributed by atoms with Crippen LogP contribution < -0.4 is 0 Å². The van der Waals surface area contributed by atoms with Gasteiger partial charge in [0.05, 0.1) is 0 Å². The Morgan fingerprint density at radius 3 is 2.82 bits per heavy atom.